The SMILES string of the molecule is C=CC1C[C@]1(CC(=O)[C@@H]1C[C@@H]2CN1C(=O)[C@H](C1CCCC1)CC(=O)O[C@@H]1CCC[C@H]1CC/C=C/Cc1c(nc3ccccc3c1OCCCN1CCCC(F)(F)C1)O2)C(=O)NS(=O)(=O)C1(C)CC1. The van der Waals surface area contributed by atoms with Crippen LogP contribution < -0.4 is 14.2 Å². The standard InChI is InChI=1S/C52H68F2N4O9S/c1-3-36-30-51(36,49(62)56-68(63,64)50(2)23-24-50)31-43(59)42-28-37-32-58(42)48(61)40(34-14-7-8-15-34)29-45(60)67-44-21-11-17-35(44)16-5-4-6-19-39-46(38-18-9-10-20-41(38)55-47(39)66-37)65-27-13-26-57-25-12-22-52(53,54)33-57/h3-4,6,9-10,18,20,34-37,40,42,44H,1,5,7-8,11-17,19,21-33H2,2H3,(H,56,62)/b6-4+/t35-,36?,37-,40+,42+,44-,51-/m1/s1. The lowest BCUT2D eigenvalue weighted by molar-refractivity contribution is -0.156. The number of alkyl halides is 2. The molecule has 1 unspecified atom stereocenters. The van der Waals surface area contributed by atoms with Gasteiger partial charge in [-0.15, -0.1) is 6.58 Å². The van der Waals surface area contributed by atoms with Crippen LogP contribution in [0.1, 0.15) is 128 Å². The van der Waals surface area contributed by atoms with Crippen molar-refractivity contribution in [1.82, 2.24) is 19.5 Å². The Morgan fingerprint density at radius 3 is 2.53 bits per heavy atom. The molecule has 2 saturated heterocycles. The maximum atomic E-state index is 15.2. The molecule has 13 nitrogen and oxygen atoms in total. The maximum Gasteiger partial charge on any atom is 0.306 e. The van der Waals surface area contributed by atoms with Gasteiger partial charge in [-0.05, 0) is 127 Å². The highest BCUT2D eigenvalue weighted by Gasteiger charge is 2.62. The van der Waals surface area contributed by atoms with Crippen LogP contribution in [0, 0.1) is 29.1 Å². The molecule has 3 aliphatic heterocycles. The molecule has 4 heterocycles. The highest BCUT2D eigenvalue weighted by atomic mass is 32.2. The Labute approximate surface area is 399 Å². The van der Waals surface area contributed by atoms with Crippen molar-refractivity contribution in [2.24, 2.45) is 29.1 Å². The number of piperidine rings is 1. The quantitative estimate of drug-likeness (QED) is 0.118. The lowest BCUT2D eigenvalue weighted by atomic mass is 9.86. The number of pyridine rings is 1. The van der Waals surface area contributed by atoms with Gasteiger partial charge in [0.15, 0.2) is 5.78 Å². The Bertz CT molecular complexity index is 2400. The number of nitrogens with one attached hydrogen (secondary N) is 1. The Hall–Kier alpha value is -4.44. The van der Waals surface area contributed by atoms with Gasteiger partial charge in [-0.1, -0.05) is 43.2 Å². The number of para-hydroxylation sites is 1. The summed E-state index contributed by atoms with van der Waals surface area (Å²) in [5, 5.41) is 0.767. The maximum absolute atomic E-state index is 15.2. The van der Waals surface area contributed by atoms with Gasteiger partial charge in [-0.25, -0.2) is 22.2 Å². The third kappa shape index (κ3) is 10.4. The molecule has 0 radical (unpaired) electrons. The summed E-state index contributed by atoms with van der Waals surface area (Å²) in [5.41, 5.74) is -0.0482. The van der Waals surface area contributed by atoms with E-state index in [1.165, 1.54) is 0 Å². The van der Waals surface area contributed by atoms with Crippen LogP contribution in [0.25, 0.3) is 10.9 Å². The number of ketones is 1. The van der Waals surface area contributed by atoms with E-state index in [1.54, 1.807) is 22.8 Å². The van der Waals surface area contributed by atoms with E-state index in [0.717, 1.165) is 63.2 Å². The first-order valence-electron chi connectivity index (χ1n) is 25.3. The van der Waals surface area contributed by atoms with Crippen molar-refractivity contribution in [3.05, 3.63) is 54.6 Å². The van der Waals surface area contributed by atoms with Crippen molar-refractivity contribution in [3.8, 4) is 11.6 Å². The third-order valence-corrected chi connectivity index (χ3v) is 18.5. The fourth-order valence-electron chi connectivity index (χ4n) is 11.9. The number of hydrogen-bond donors (Lipinski definition) is 1. The summed E-state index contributed by atoms with van der Waals surface area (Å²) < 4.78 is 76.1. The molecule has 6 fully saturated rings. The number of carbonyl (C=O) groups excluding carboxylic acids is 4. The predicted octanol–water partition coefficient (Wildman–Crippen LogP) is 8.03. The molecular weight excluding hydrogens is 895 g/mol. The van der Waals surface area contributed by atoms with Crippen molar-refractivity contribution in [3.63, 3.8) is 0 Å². The second kappa shape index (κ2) is 19.8. The lowest BCUT2D eigenvalue weighted by Crippen LogP contribution is -2.48. The van der Waals surface area contributed by atoms with Gasteiger partial charge in [0.25, 0.3) is 5.92 Å². The van der Waals surface area contributed by atoms with Gasteiger partial charge in [0.05, 0.1) is 59.3 Å². The Morgan fingerprint density at radius 1 is 1.00 bits per heavy atom. The number of Topliss-reactive ketones (excluding diaryl/α,β-unsaturated/α-hetero) is 1. The summed E-state index contributed by atoms with van der Waals surface area (Å²) in [5.74, 6) is -4.77. The van der Waals surface area contributed by atoms with Gasteiger partial charge in [-0.3, -0.25) is 28.8 Å². The zero-order valence-corrected chi connectivity index (χ0v) is 40.3. The third-order valence-electron chi connectivity index (χ3n) is 16.4. The van der Waals surface area contributed by atoms with Gasteiger partial charge in [0, 0.05) is 31.2 Å². The molecule has 1 N–H and O–H groups in total. The van der Waals surface area contributed by atoms with Gasteiger partial charge in [-0.2, -0.15) is 0 Å². The zero-order valence-electron chi connectivity index (χ0n) is 39.4. The van der Waals surface area contributed by atoms with Crippen LogP contribution in [0.2, 0.25) is 0 Å². The van der Waals surface area contributed by atoms with Crippen molar-refractivity contribution in [1.29, 1.82) is 0 Å². The number of amides is 2. The second-order valence-corrected chi connectivity index (χ2v) is 23.4. The molecule has 4 aliphatic carbocycles. The Balaban J connectivity index is 1.05. The fourth-order valence-corrected chi connectivity index (χ4v) is 13.2. The number of nitrogens with zero attached hydrogens (tertiary/aromatic N) is 3. The number of esters is 1. The minimum atomic E-state index is -4.00. The van der Waals surface area contributed by atoms with Crippen molar-refractivity contribution in [2.45, 2.75) is 158 Å². The number of sulfonamides is 1. The van der Waals surface area contributed by atoms with Crippen LogP contribution in [0.5, 0.6) is 11.6 Å². The number of rotatable bonds is 13. The average Bonchev–Trinajstić information content (AvgIpc) is 3.93. The minimum absolute atomic E-state index is 0.00939. The van der Waals surface area contributed by atoms with Crippen LogP contribution in [0.3, 0.4) is 0 Å². The molecule has 2 amide bonds. The van der Waals surface area contributed by atoms with E-state index in [1.807, 2.05) is 24.3 Å². The zero-order chi connectivity index (χ0) is 47.8. The largest absolute Gasteiger partial charge is 0.492 e. The molecule has 7 aliphatic rings. The van der Waals surface area contributed by atoms with E-state index in [-0.39, 0.29) is 75.6 Å². The van der Waals surface area contributed by atoms with Gasteiger partial charge < -0.3 is 19.1 Å². The summed E-state index contributed by atoms with van der Waals surface area (Å²) >= 11 is 0. The monoisotopic (exact) mass is 962 g/mol. The van der Waals surface area contributed by atoms with E-state index in [4.69, 9.17) is 19.2 Å². The Kier molecular flexibility index (Phi) is 14.1. The summed E-state index contributed by atoms with van der Waals surface area (Å²) in [4.78, 5) is 66.4. The average molecular weight is 963 g/mol. The number of carbonyl (C=O) groups is 4. The number of fused-ring (bicyclic) bond motifs is 5. The minimum Gasteiger partial charge on any atom is -0.492 e. The molecule has 16 heteroatoms. The van der Waals surface area contributed by atoms with Crippen LogP contribution in [-0.2, 0) is 40.4 Å². The number of benzene rings is 1. The summed E-state index contributed by atoms with van der Waals surface area (Å²) in [7, 11) is -4.00. The number of aromatic nitrogens is 1. The second-order valence-electron chi connectivity index (χ2n) is 21.2. The molecule has 68 heavy (non-hydrogen) atoms. The van der Waals surface area contributed by atoms with Crippen LogP contribution in [-0.4, -0.2) is 108 Å². The molecule has 370 valence electrons. The first-order valence-corrected chi connectivity index (χ1v) is 26.8. The van der Waals surface area contributed by atoms with Crippen molar-refractivity contribution < 1.29 is 50.6 Å². The molecule has 0 spiro atoms. The molecule has 9 rings (SSSR count). The normalized spacial score (nSPS) is 31.4. The molecule has 4 saturated carbocycles. The fraction of sp³-hybridized carbons (Fsp3) is 0.673. The van der Waals surface area contributed by atoms with Crippen LogP contribution in [0.4, 0.5) is 8.78 Å². The van der Waals surface area contributed by atoms with E-state index in [0.29, 0.717) is 67.9 Å². The number of allylic oxidation sites excluding steroid dienone is 3. The molecule has 1 aromatic carbocycles. The smallest absolute Gasteiger partial charge is 0.306 e. The van der Waals surface area contributed by atoms with E-state index in [9.17, 15) is 31.6 Å². The first kappa shape index (κ1) is 48.6. The Morgan fingerprint density at radius 2 is 1.78 bits per heavy atom. The summed E-state index contributed by atoms with van der Waals surface area (Å²) in [6.07, 6.45) is 14.4. The first-order chi connectivity index (χ1) is 32.6. The van der Waals surface area contributed by atoms with Crippen molar-refractivity contribution in [2.75, 3.05) is 32.8 Å². The van der Waals surface area contributed by atoms with Crippen LogP contribution in [0.15, 0.2) is 49.1 Å². The lowest BCUT2D eigenvalue weighted by Gasteiger charge is -2.32. The number of likely N-dealkylation sites (tertiary alicyclic amines) is 1. The van der Waals surface area contributed by atoms with E-state index >= 15 is 4.79 Å². The topological polar surface area (TPSA) is 162 Å². The van der Waals surface area contributed by atoms with Gasteiger partial charge in [0.1, 0.15) is 18.0 Å². The molecular formula is C52H68F2N4O9S. The van der Waals surface area contributed by atoms with E-state index < -0.39 is 67.7 Å². The number of ether oxygens (including phenoxy) is 3. The summed E-state index contributed by atoms with van der Waals surface area (Å²) in [6, 6.07) is 6.54. The highest BCUT2D eigenvalue weighted by Crippen LogP contribution is 2.57. The molecule has 2 aromatic rings. The van der Waals surface area contributed by atoms with Crippen molar-refractivity contribution >= 4 is 44.5 Å². The molecule has 1 aromatic heterocycles. The number of halogens is 2. The van der Waals surface area contributed by atoms with Gasteiger partial charge >= 0.3 is 5.97 Å². The van der Waals surface area contributed by atoms with E-state index in [2.05, 4.69) is 23.5 Å². The highest BCUT2D eigenvalue weighted by molar-refractivity contribution is 7.91. The molecule has 2 bridgehead atoms. The van der Waals surface area contributed by atoms with Gasteiger partial charge in [0.2, 0.25) is 27.7 Å². The summed E-state index contributed by atoms with van der Waals surface area (Å²) in [6.45, 7) is 6.57. The van der Waals surface area contributed by atoms with Crippen LogP contribution >= 0.6 is 0 Å². The molecule has 7 atom stereocenters. The predicted molar refractivity (Wildman–Crippen MR) is 251 cm³/mol. The number of hydrogen-bond acceptors (Lipinski definition) is 11.